The predicted molar refractivity (Wildman–Crippen MR) is 68.0 cm³/mol. The SMILES string of the molecule is CN(C)C1(CNc2cccc(Cl)n2)CCC1. The maximum atomic E-state index is 5.84. The molecule has 4 heteroatoms. The fourth-order valence-electron chi connectivity index (χ4n) is 2.13. The molecule has 0 amide bonds. The van der Waals surface area contributed by atoms with Gasteiger partial charge < -0.3 is 10.2 Å². The summed E-state index contributed by atoms with van der Waals surface area (Å²) < 4.78 is 0. The zero-order valence-corrected chi connectivity index (χ0v) is 10.6. The summed E-state index contributed by atoms with van der Waals surface area (Å²) >= 11 is 5.84. The number of pyridine rings is 1. The minimum atomic E-state index is 0.310. The highest BCUT2D eigenvalue weighted by molar-refractivity contribution is 6.29. The van der Waals surface area contributed by atoms with Gasteiger partial charge in [-0.05, 0) is 45.5 Å². The van der Waals surface area contributed by atoms with Crippen molar-refractivity contribution in [1.82, 2.24) is 9.88 Å². The van der Waals surface area contributed by atoms with Crippen LogP contribution in [0.2, 0.25) is 5.15 Å². The van der Waals surface area contributed by atoms with Crippen molar-refractivity contribution in [3.63, 3.8) is 0 Å². The van der Waals surface area contributed by atoms with Crippen molar-refractivity contribution in [3.8, 4) is 0 Å². The molecule has 0 aliphatic heterocycles. The highest BCUT2D eigenvalue weighted by Crippen LogP contribution is 2.36. The van der Waals surface area contributed by atoms with E-state index in [-0.39, 0.29) is 0 Å². The third-order valence-electron chi connectivity index (χ3n) is 3.55. The van der Waals surface area contributed by atoms with Gasteiger partial charge in [0.15, 0.2) is 0 Å². The predicted octanol–water partition coefficient (Wildman–Crippen LogP) is 2.63. The highest BCUT2D eigenvalue weighted by atomic mass is 35.5. The second-order valence-corrected chi connectivity index (χ2v) is 5.06. The normalized spacial score (nSPS) is 18.2. The number of hydrogen-bond acceptors (Lipinski definition) is 3. The van der Waals surface area contributed by atoms with Gasteiger partial charge in [0.2, 0.25) is 0 Å². The Balaban J connectivity index is 1.96. The van der Waals surface area contributed by atoms with Crippen molar-refractivity contribution >= 4 is 17.4 Å². The van der Waals surface area contributed by atoms with Crippen LogP contribution in [0.15, 0.2) is 18.2 Å². The van der Waals surface area contributed by atoms with Crippen molar-refractivity contribution in [2.45, 2.75) is 24.8 Å². The summed E-state index contributed by atoms with van der Waals surface area (Å²) in [5.41, 5.74) is 0.310. The Hall–Kier alpha value is -0.800. The Morgan fingerprint density at radius 1 is 1.44 bits per heavy atom. The fourth-order valence-corrected chi connectivity index (χ4v) is 2.29. The quantitative estimate of drug-likeness (QED) is 0.819. The van der Waals surface area contributed by atoms with E-state index in [1.807, 2.05) is 12.1 Å². The van der Waals surface area contributed by atoms with Gasteiger partial charge in [0.1, 0.15) is 11.0 Å². The van der Waals surface area contributed by atoms with E-state index in [9.17, 15) is 0 Å². The first-order valence-electron chi connectivity index (χ1n) is 5.66. The molecule has 3 nitrogen and oxygen atoms in total. The Bertz CT molecular complexity index is 361. The molecule has 0 saturated heterocycles. The molecule has 0 radical (unpaired) electrons. The Morgan fingerprint density at radius 3 is 2.69 bits per heavy atom. The number of nitrogens with zero attached hydrogens (tertiary/aromatic N) is 2. The molecule has 88 valence electrons. The van der Waals surface area contributed by atoms with Gasteiger partial charge in [-0.15, -0.1) is 0 Å². The molecule has 0 atom stereocenters. The second-order valence-electron chi connectivity index (χ2n) is 4.67. The van der Waals surface area contributed by atoms with E-state index in [2.05, 4.69) is 29.3 Å². The molecule has 0 bridgehead atoms. The first-order valence-corrected chi connectivity index (χ1v) is 6.04. The van der Waals surface area contributed by atoms with E-state index in [0.29, 0.717) is 10.7 Å². The summed E-state index contributed by atoms with van der Waals surface area (Å²) in [5, 5.41) is 3.91. The standard InChI is InChI=1S/C12H18ClN3/c1-16(2)12(7-4-8-12)9-14-11-6-3-5-10(13)15-11/h3,5-6H,4,7-9H2,1-2H3,(H,14,15). The van der Waals surface area contributed by atoms with Crippen molar-refractivity contribution in [2.75, 3.05) is 26.0 Å². The maximum Gasteiger partial charge on any atom is 0.131 e. The van der Waals surface area contributed by atoms with Crippen LogP contribution in [-0.4, -0.2) is 36.1 Å². The van der Waals surface area contributed by atoms with Crippen molar-refractivity contribution in [2.24, 2.45) is 0 Å². The maximum absolute atomic E-state index is 5.84. The van der Waals surface area contributed by atoms with Crippen LogP contribution in [-0.2, 0) is 0 Å². The van der Waals surface area contributed by atoms with E-state index in [0.717, 1.165) is 12.4 Å². The largest absolute Gasteiger partial charge is 0.368 e. The molecule has 1 heterocycles. The van der Waals surface area contributed by atoms with Gasteiger partial charge >= 0.3 is 0 Å². The van der Waals surface area contributed by atoms with Crippen LogP contribution < -0.4 is 5.32 Å². The van der Waals surface area contributed by atoms with Gasteiger partial charge in [-0.25, -0.2) is 4.98 Å². The van der Waals surface area contributed by atoms with Crippen LogP contribution >= 0.6 is 11.6 Å². The van der Waals surface area contributed by atoms with Crippen LogP contribution in [0.5, 0.6) is 0 Å². The van der Waals surface area contributed by atoms with E-state index >= 15 is 0 Å². The van der Waals surface area contributed by atoms with E-state index in [1.54, 1.807) is 6.07 Å². The first-order chi connectivity index (χ1) is 7.62. The molecule has 1 aliphatic rings. The number of halogens is 1. The molecule has 1 N–H and O–H groups in total. The van der Waals surface area contributed by atoms with E-state index in [4.69, 9.17) is 11.6 Å². The summed E-state index contributed by atoms with van der Waals surface area (Å²) in [6.07, 6.45) is 3.84. The average molecular weight is 240 g/mol. The lowest BCUT2D eigenvalue weighted by molar-refractivity contribution is 0.0738. The van der Waals surface area contributed by atoms with Crippen molar-refractivity contribution < 1.29 is 0 Å². The zero-order valence-electron chi connectivity index (χ0n) is 9.83. The first kappa shape index (κ1) is 11.7. The fraction of sp³-hybridized carbons (Fsp3) is 0.583. The lowest BCUT2D eigenvalue weighted by Crippen LogP contribution is -2.54. The van der Waals surface area contributed by atoms with Crippen LogP contribution in [0, 0.1) is 0 Å². The number of rotatable bonds is 4. The highest BCUT2D eigenvalue weighted by Gasteiger charge is 2.38. The van der Waals surface area contributed by atoms with Gasteiger partial charge in [0, 0.05) is 12.1 Å². The Labute approximate surface area is 102 Å². The minimum Gasteiger partial charge on any atom is -0.368 e. The summed E-state index contributed by atoms with van der Waals surface area (Å²) in [7, 11) is 4.29. The Morgan fingerprint density at radius 2 is 2.19 bits per heavy atom. The summed E-state index contributed by atoms with van der Waals surface area (Å²) in [6, 6.07) is 5.66. The van der Waals surface area contributed by atoms with Crippen LogP contribution in [0.1, 0.15) is 19.3 Å². The average Bonchev–Trinajstić information content (AvgIpc) is 2.15. The summed E-state index contributed by atoms with van der Waals surface area (Å²) in [5.74, 6) is 0.862. The third kappa shape index (κ3) is 2.30. The molecule has 0 aromatic carbocycles. The molecule has 0 unspecified atom stereocenters. The number of anilines is 1. The molecule has 1 saturated carbocycles. The van der Waals surface area contributed by atoms with E-state index < -0.39 is 0 Å². The minimum absolute atomic E-state index is 0.310. The monoisotopic (exact) mass is 239 g/mol. The van der Waals surface area contributed by atoms with Gasteiger partial charge in [-0.1, -0.05) is 17.7 Å². The molecular weight excluding hydrogens is 222 g/mol. The van der Waals surface area contributed by atoms with Gasteiger partial charge in [-0.2, -0.15) is 0 Å². The number of likely N-dealkylation sites (N-methyl/N-ethyl adjacent to an activating group) is 1. The van der Waals surface area contributed by atoms with Crippen molar-refractivity contribution in [3.05, 3.63) is 23.4 Å². The summed E-state index contributed by atoms with van der Waals surface area (Å²) in [6.45, 7) is 0.938. The second kappa shape index (κ2) is 4.60. The molecular formula is C12H18ClN3. The van der Waals surface area contributed by atoms with Gasteiger partial charge in [0.05, 0.1) is 0 Å². The third-order valence-corrected chi connectivity index (χ3v) is 3.76. The molecule has 1 aromatic rings. The van der Waals surface area contributed by atoms with Crippen LogP contribution in [0.3, 0.4) is 0 Å². The lowest BCUT2D eigenvalue weighted by Gasteiger charge is -2.47. The molecule has 0 spiro atoms. The van der Waals surface area contributed by atoms with Crippen molar-refractivity contribution in [1.29, 1.82) is 0 Å². The van der Waals surface area contributed by atoms with Crippen LogP contribution in [0.25, 0.3) is 0 Å². The zero-order chi connectivity index (χ0) is 11.6. The molecule has 1 aromatic heterocycles. The lowest BCUT2D eigenvalue weighted by atomic mass is 9.75. The van der Waals surface area contributed by atoms with E-state index in [1.165, 1.54) is 19.3 Å². The topological polar surface area (TPSA) is 28.2 Å². The number of hydrogen-bond donors (Lipinski definition) is 1. The molecule has 2 rings (SSSR count). The molecule has 1 fully saturated rings. The smallest absolute Gasteiger partial charge is 0.131 e. The van der Waals surface area contributed by atoms with Gasteiger partial charge in [-0.3, -0.25) is 0 Å². The van der Waals surface area contributed by atoms with Crippen LogP contribution in [0.4, 0.5) is 5.82 Å². The number of aromatic nitrogens is 1. The molecule has 16 heavy (non-hydrogen) atoms. The summed E-state index contributed by atoms with van der Waals surface area (Å²) in [4.78, 5) is 6.54. The molecule has 1 aliphatic carbocycles. The number of nitrogens with one attached hydrogen (secondary N) is 1. The Kier molecular flexibility index (Phi) is 3.36. The van der Waals surface area contributed by atoms with Gasteiger partial charge in [0.25, 0.3) is 0 Å².